The highest BCUT2D eigenvalue weighted by Crippen LogP contribution is 2.63. The zero-order chi connectivity index (χ0) is 52.0. The second-order valence-electron chi connectivity index (χ2n) is 21.4. The molecule has 0 N–H and O–H groups in total. The fraction of sp³-hybridized carbons (Fsp3) is 0.0400. The van der Waals surface area contributed by atoms with Crippen LogP contribution >= 0.6 is 0 Å². The van der Waals surface area contributed by atoms with E-state index in [4.69, 9.17) is 13.6 Å². The number of fused-ring (bicyclic) bond motifs is 14. The number of furan rings is 2. The number of nitrogens with zero attached hydrogens (tertiary/aromatic N) is 1. The summed E-state index contributed by atoms with van der Waals surface area (Å²) in [6.07, 6.45) is 0. The van der Waals surface area contributed by atoms with Crippen molar-refractivity contribution in [2.75, 3.05) is 11.9 Å². The van der Waals surface area contributed by atoms with Crippen molar-refractivity contribution in [1.82, 2.24) is 0 Å². The van der Waals surface area contributed by atoms with Crippen molar-refractivity contribution < 1.29 is 13.6 Å². The quantitative estimate of drug-likeness (QED) is 0.166. The third-order valence-electron chi connectivity index (χ3n) is 17.6. The highest BCUT2D eigenvalue weighted by molar-refractivity contribution is 6.11. The first-order chi connectivity index (χ1) is 39.1. The minimum Gasteiger partial charge on any atom is -0.455 e. The van der Waals surface area contributed by atoms with Gasteiger partial charge < -0.3 is 18.5 Å². The van der Waals surface area contributed by atoms with Gasteiger partial charge in [-0.2, -0.15) is 0 Å². The summed E-state index contributed by atoms with van der Waals surface area (Å²) in [5.41, 5.74) is 22.8. The molecule has 2 aliphatic carbocycles. The Morgan fingerprint density at radius 1 is 0.291 bits per heavy atom. The summed E-state index contributed by atoms with van der Waals surface area (Å²) < 4.78 is 20.9. The molecule has 17 rings (SSSR count). The second-order valence-corrected chi connectivity index (χ2v) is 21.4. The van der Waals surface area contributed by atoms with Crippen LogP contribution in [-0.2, 0) is 10.8 Å². The molecule has 0 fully saturated rings. The smallest absolute Gasteiger partial charge is 0.151 e. The number of hydrogen-bond acceptors (Lipinski definition) is 4. The van der Waals surface area contributed by atoms with Gasteiger partial charge >= 0.3 is 0 Å². The summed E-state index contributed by atoms with van der Waals surface area (Å²) >= 11 is 0. The van der Waals surface area contributed by atoms with E-state index in [2.05, 4.69) is 267 Å². The zero-order valence-electron chi connectivity index (χ0n) is 43.1. The van der Waals surface area contributed by atoms with Gasteiger partial charge in [0.05, 0.1) is 22.2 Å². The van der Waals surface area contributed by atoms with Gasteiger partial charge in [-0.1, -0.05) is 218 Å². The Bertz CT molecular complexity index is 4440. The zero-order valence-corrected chi connectivity index (χ0v) is 43.1. The van der Waals surface area contributed by atoms with Crippen LogP contribution in [0.4, 0.5) is 11.4 Å². The molecule has 14 aromatic rings. The van der Waals surface area contributed by atoms with Crippen molar-refractivity contribution in [2.24, 2.45) is 0 Å². The van der Waals surface area contributed by atoms with Crippen LogP contribution in [0.3, 0.4) is 0 Å². The predicted molar refractivity (Wildman–Crippen MR) is 321 cm³/mol. The highest BCUT2D eigenvalue weighted by atomic mass is 16.5. The first kappa shape index (κ1) is 44.0. The van der Waals surface area contributed by atoms with Gasteiger partial charge in [0.1, 0.15) is 22.3 Å². The average molecular weight is 1010 g/mol. The molecule has 1 aliphatic heterocycles. The molecule has 3 heterocycles. The first-order valence-corrected chi connectivity index (χ1v) is 27.2. The molecule has 4 nitrogen and oxygen atoms in total. The Labute approximate surface area is 456 Å². The van der Waals surface area contributed by atoms with Gasteiger partial charge in [-0.3, -0.25) is 0 Å². The molecule has 4 heteroatoms. The average Bonchev–Trinajstić information content (AvgIpc) is 2.95. The molecule has 0 bridgehead atoms. The lowest BCUT2D eigenvalue weighted by Crippen LogP contribution is -2.29. The van der Waals surface area contributed by atoms with Gasteiger partial charge in [0.25, 0.3) is 0 Å². The number of benzene rings is 12. The molecule has 2 aromatic heterocycles. The van der Waals surface area contributed by atoms with E-state index in [9.17, 15) is 0 Å². The van der Waals surface area contributed by atoms with E-state index >= 15 is 0 Å². The normalized spacial score (nSPS) is 14.2. The molecule has 0 amide bonds. The number of anilines is 2. The maximum absolute atomic E-state index is 7.50. The molecular formula is C75H47NO3. The third kappa shape index (κ3) is 5.98. The van der Waals surface area contributed by atoms with Crippen LogP contribution < -0.4 is 9.64 Å². The predicted octanol–water partition coefficient (Wildman–Crippen LogP) is 19.4. The maximum atomic E-state index is 7.50. The minimum atomic E-state index is -0.692. The van der Waals surface area contributed by atoms with Crippen LogP contribution in [0.1, 0.15) is 44.5 Å². The largest absolute Gasteiger partial charge is 0.455 e. The minimum absolute atomic E-state index is 0.692. The van der Waals surface area contributed by atoms with Crippen molar-refractivity contribution in [1.29, 1.82) is 0 Å². The number of hydrogen-bond donors (Lipinski definition) is 0. The summed E-state index contributed by atoms with van der Waals surface area (Å²) in [6, 6.07) is 97.3. The van der Waals surface area contributed by atoms with Crippen LogP contribution in [0.5, 0.6) is 11.5 Å². The van der Waals surface area contributed by atoms with Crippen molar-refractivity contribution in [2.45, 2.75) is 10.8 Å². The van der Waals surface area contributed by atoms with Crippen LogP contribution in [-0.4, -0.2) is 7.05 Å². The van der Waals surface area contributed by atoms with Gasteiger partial charge in [-0.15, -0.1) is 0 Å². The second kappa shape index (κ2) is 16.4. The molecular weight excluding hydrogens is 963 g/mol. The molecule has 3 aliphatic rings. The summed E-state index contributed by atoms with van der Waals surface area (Å²) in [5, 5.41) is 4.47. The lowest BCUT2D eigenvalue weighted by atomic mass is 9.67. The SMILES string of the molecule is CN1c2cc3c(cc2Oc2cc4c(cc21)-c1ccc(-c2cccc5c2oc2ccccc25)cc1C4(c1ccccc1)c1ccccc1)C(c1ccccc1)(c1ccccc1)c1cc(-c2cccc4c2oc2ccccc24)ccc1-3. The monoisotopic (exact) mass is 1010 g/mol. The summed E-state index contributed by atoms with van der Waals surface area (Å²) in [4.78, 5) is 2.34. The Morgan fingerprint density at radius 3 is 1.05 bits per heavy atom. The molecule has 370 valence electrons. The van der Waals surface area contributed by atoms with E-state index in [0.717, 1.165) is 89.0 Å². The molecule has 0 spiro atoms. The fourth-order valence-corrected chi connectivity index (χ4v) is 14.2. The van der Waals surface area contributed by atoms with Crippen LogP contribution in [0, 0.1) is 0 Å². The number of para-hydroxylation sites is 4. The lowest BCUT2D eigenvalue weighted by Gasteiger charge is -2.37. The summed E-state index contributed by atoms with van der Waals surface area (Å²) in [7, 11) is 2.20. The Morgan fingerprint density at radius 2 is 0.646 bits per heavy atom. The van der Waals surface area contributed by atoms with Crippen molar-refractivity contribution in [3.63, 3.8) is 0 Å². The molecule has 0 saturated heterocycles. The van der Waals surface area contributed by atoms with Gasteiger partial charge in [0, 0.05) is 39.7 Å². The Balaban J connectivity index is 0.878. The van der Waals surface area contributed by atoms with Crippen LogP contribution in [0.2, 0.25) is 0 Å². The highest BCUT2D eigenvalue weighted by Gasteiger charge is 2.50. The standard InChI is InChI=1S/C75H47NO3/c1-76-66-42-60-54-38-36-46(52-30-18-32-58-56-28-14-16-34-68(56)78-72(52)58)40-62(54)74(48-20-6-2-7-21-48,49-22-8-3-9-23-49)64(60)44-70(66)77-71-45-65-61(43-67(71)76)55-39-37-47(53-31-19-33-59-57-29-15-17-35-69(57)79-73(53)59)41-63(55)75(65,50-24-10-4-11-25-50)51-26-12-5-13-27-51/h2-45H,1H3. The molecule has 0 unspecified atom stereocenters. The van der Waals surface area contributed by atoms with Crippen LogP contribution in [0.15, 0.2) is 276 Å². The summed E-state index contributed by atoms with van der Waals surface area (Å²) in [6.45, 7) is 0. The first-order valence-electron chi connectivity index (χ1n) is 27.2. The molecule has 0 radical (unpaired) electrons. The third-order valence-corrected chi connectivity index (χ3v) is 17.6. The van der Waals surface area contributed by atoms with Crippen molar-refractivity contribution >= 4 is 55.3 Å². The van der Waals surface area contributed by atoms with Gasteiger partial charge in [0.2, 0.25) is 0 Å². The lowest BCUT2D eigenvalue weighted by molar-refractivity contribution is 0.473. The number of ether oxygens (including phenoxy) is 1. The van der Waals surface area contributed by atoms with E-state index in [1.165, 1.54) is 66.8 Å². The van der Waals surface area contributed by atoms with E-state index in [1.807, 2.05) is 12.1 Å². The van der Waals surface area contributed by atoms with E-state index in [1.54, 1.807) is 0 Å². The van der Waals surface area contributed by atoms with Crippen molar-refractivity contribution in [3.8, 4) is 56.0 Å². The Kier molecular flexibility index (Phi) is 9.15. The maximum Gasteiger partial charge on any atom is 0.151 e. The van der Waals surface area contributed by atoms with Crippen molar-refractivity contribution in [3.05, 3.63) is 311 Å². The topological polar surface area (TPSA) is 38.8 Å². The van der Waals surface area contributed by atoms with Gasteiger partial charge in [-0.25, -0.2) is 0 Å². The van der Waals surface area contributed by atoms with Crippen LogP contribution in [0.25, 0.3) is 88.4 Å². The molecule has 12 aromatic carbocycles. The van der Waals surface area contributed by atoms with Gasteiger partial charge in [0.15, 0.2) is 11.5 Å². The fourth-order valence-electron chi connectivity index (χ4n) is 14.2. The molecule has 79 heavy (non-hydrogen) atoms. The number of rotatable bonds is 6. The molecule has 0 atom stereocenters. The van der Waals surface area contributed by atoms with Gasteiger partial charge in [-0.05, 0) is 126 Å². The van der Waals surface area contributed by atoms with E-state index in [0.29, 0.717) is 0 Å². The Hall–Kier alpha value is -10.2. The van der Waals surface area contributed by atoms with E-state index in [-0.39, 0.29) is 0 Å². The summed E-state index contributed by atoms with van der Waals surface area (Å²) in [5.74, 6) is 1.62. The molecule has 0 saturated carbocycles. The van der Waals surface area contributed by atoms with E-state index < -0.39 is 10.8 Å².